The molecule has 5 atom stereocenters. The lowest BCUT2D eigenvalue weighted by Crippen LogP contribution is -2.45. The number of carboxylic acid groups (broad SMARTS) is 1. The van der Waals surface area contributed by atoms with Crippen LogP contribution in [0.25, 0.3) is 0 Å². The number of hydrogen-bond donors (Lipinski definition) is 1. The number of nitrogens with zero attached hydrogens (tertiary/aromatic N) is 1. The number of likely N-dealkylation sites (tertiary alicyclic amines) is 1. The summed E-state index contributed by atoms with van der Waals surface area (Å²) in [6.07, 6.45) is 6.24. The maximum Gasteiger partial charge on any atom is 0.310 e. The van der Waals surface area contributed by atoms with E-state index in [1.807, 2.05) is 6.08 Å². The molecule has 1 spiro atoms. The molecule has 0 saturated carbocycles. The van der Waals surface area contributed by atoms with Gasteiger partial charge in [0.25, 0.3) is 0 Å². The Morgan fingerprint density at radius 2 is 2.41 bits per heavy atom. The van der Waals surface area contributed by atoms with Crippen molar-refractivity contribution < 1.29 is 24.2 Å². The third kappa shape index (κ3) is 1.94. The smallest absolute Gasteiger partial charge is 0.310 e. The third-order valence-corrected chi connectivity index (χ3v) is 4.95. The van der Waals surface area contributed by atoms with Crippen molar-refractivity contribution in [3.63, 3.8) is 0 Å². The average Bonchev–Trinajstić information content (AvgIpc) is 3.11. The van der Waals surface area contributed by atoms with Gasteiger partial charge in [0, 0.05) is 20.3 Å². The van der Waals surface area contributed by atoms with Crippen LogP contribution in [0.15, 0.2) is 24.8 Å². The number of hydrogen-bond acceptors (Lipinski definition) is 4. The molecular formula is C16H21NO5. The lowest BCUT2D eigenvalue weighted by molar-refractivity contribution is -0.148. The Labute approximate surface area is 129 Å². The summed E-state index contributed by atoms with van der Waals surface area (Å²) in [6, 6.07) is -0.190. The van der Waals surface area contributed by atoms with Crippen molar-refractivity contribution in [2.24, 2.45) is 11.8 Å². The average molecular weight is 307 g/mol. The fourth-order valence-electron chi connectivity index (χ4n) is 4.12. The van der Waals surface area contributed by atoms with Crippen molar-refractivity contribution in [1.82, 2.24) is 4.90 Å². The van der Waals surface area contributed by atoms with E-state index in [-0.39, 0.29) is 11.9 Å². The van der Waals surface area contributed by atoms with Gasteiger partial charge in [0.2, 0.25) is 5.91 Å². The van der Waals surface area contributed by atoms with E-state index in [4.69, 9.17) is 9.47 Å². The van der Waals surface area contributed by atoms with E-state index >= 15 is 0 Å². The monoisotopic (exact) mass is 307 g/mol. The Morgan fingerprint density at radius 3 is 3.05 bits per heavy atom. The SMILES string of the molecule is C=CC[C@H]1N(CCCOC)C(=O)[C@H]2[C@@H](C(=O)O)[C@@H]3C=C[C@]21O3. The molecule has 2 bridgehead atoms. The van der Waals surface area contributed by atoms with Gasteiger partial charge in [0.05, 0.1) is 18.1 Å². The molecule has 1 N–H and O–H groups in total. The zero-order chi connectivity index (χ0) is 15.9. The minimum Gasteiger partial charge on any atom is -0.481 e. The Balaban J connectivity index is 1.92. The quantitative estimate of drug-likeness (QED) is 0.557. The number of rotatable bonds is 7. The lowest BCUT2D eigenvalue weighted by Gasteiger charge is -2.32. The summed E-state index contributed by atoms with van der Waals surface area (Å²) in [4.78, 5) is 26.2. The van der Waals surface area contributed by atoms with Crippen molar-refractivity contribution in [2.45, 2.75) is 30.6 Å². The van der Waals surface area contributed by atoms with E-state index in [1.165, 1.54) is 0 Å². The highest BCUT2D eigenvalue weighted by Crippen LogP contribution is 2.55. The lowest BCUT2D eigenvalue weighted by atomic mass is 9.74. The predicted molar refractivity (Wildman–Crippen MR) is 78.2 cm³/mol. The number of carbonyl (C=O) groups excluding carboxylic acids is 1. The number of methoxy groups -OCH3 is 1. The summed E-state index contributed by atoms with van der Waals surface area (Å²) >= 11 is 0. The predicted octanol–water partition coefficient (Wildman–Crippen LogP) is 0.834. The second-order valence-electron chi connectivity index (χ2n) is 6.05. The van der Waals surface area contributed by atoms with Crippen LogP contribution in [-0.4, -0.2) is 59.9 Å². The van der Waals surface area contributed by atoms with Gasteiger partial charge in [-0.15, -0.1) is 6.58 Å². The molecule has 22 heavy (non-hydrogen) atoms. The normalized spacial score (nSPS) is 38.6. The fourth-order valence-corrected chi connectivity index (χ4v) is 4.12. The van der Waals surface area contributed by atoms with Crippen LogP contribution >= 0.6 is 0 Å². The van der Waals surface area contributed by atoms with Crippen molar-refractivity contribution in [2.75, 3.05) is 20.3 Å². The summed E-state index contributed by atoms with van der Waals surface area (Å²) in [7, 11) is 1.62. The summed E-state index contributed by atoms with van der Waals surface area (Å²) < 4.78 is 11.0. The highest BCUT2D eigenvalue weighted by molar-refractivity contribution is 5.91. The van der Waals surface area contributed by atoms with Gasteiger partial charge in [0.15, 0.2) is 0 Å². The first-order valence-electron chi connectivity index (χ1n) is 7.57. The molecule has 2 saturated heterocycles. The molecule has 2 fully saturated rings. The minimum absolute atomic E-state index is 0.123. The Kier molecular flexibility index (Phi) is 3.82. The van der Waals surface area contributed by atoms with Gasteiger partial charge in [-0.25, -0.2) is 0 Å². The van der Waals surface area contributed by atoms with Gasteiger partial charge in [-0.2, -0.15) is 0 Å². The summed E-state index contributed by atoms with van der Waals surface area (Å²) in [6.45, 7) is 4.87. The van der Waals surface area contributed by atoms with Crippen molar-refractivity contribution >= 4 is 11.9 Å². The van der Waals surface area contributed by atoms with E-state index in [0.29, 0.717) is 26.0 Å². The van der Waals surface area contributed by atoms with Crippen LogP contribution in [0.2, 0.25) is 0 Å². The van der Waals surface area contributed by atoms with Crippen molar-refractivity contribution in [1.29, 1.82) is 0 Å². The molecule has 0 aliphatic carbocycles. The van der Waals surface area contributed by atoms with Crippen LogP contribution in [0.3, 0.4) is 0 Å². The molecule has 0 aromatic heterocycles. The molecule has 120 valence electrons. The van der Waals surface area contributed by atoms with Crippen LogP contribution in [0.4, 0.5) is 0 Å². The van der Waals surface area contributed by atoms with Crippen molar-refractivity contribution in [3.05, 3.63) is 24.8 Å². The molecule has 3 rings (SSSR count). The van der Waals surface area contributed by atoms with Crippen LogP contribution in [0.1, 0.15) is 12.8 Å². The maximum absolute atomic E-state index is 12.8. The fraction of sp³-hybridized carbons (Fsp3) is 0.625. The first-order chi connectivity index (χ1) is 10.6. The van der Waals surface area contributed by atoms with Gasteiger partial charge >= 0.3 is 5.97 Å². The number of ether oxygens (including phenoxy) is 2. The molecule has 3 aliphatic rings. The molecule has 0 radical (unpaired) electrons. The molecule has 6 nitrogen and oxygen atoms in total. The number of amides is 1. The molecule has 1 amide bonds. The highest BCUT2D eigenvalue weighted by Gasteiger charge is 2.70. The summed E-state index contributed by atoms with van der Waals surface area (Å²) in [5, 5.41) is 9.49. The molecule has 0 aromatic carbocycles. The number of aliphatic carboxylic acids is 1. The zero-order valence-corrected chi connectivity index (χ0v) is 12.6. The Morgan fingerprint density at radius 1 is 1.64 bits per heavy atom. The second-order valence-corrected chi connectivity index (χ2v) is 6.05. The number of carbonyl (C=O) groups is 2. The Bertz CT molecular complexity index is 531. The van der Waals surface area contributed by atoms with Crippen LogP contribution in [0.5, 0.6) is 0 Å². The first-order valence-corrected chi connectivity index (χ1v) is 7.57. The molecular weight excluding hydrogens is 286 g/mol. The first kappa shape index (κ1) is 15.2. The largest absolute Gasteiger partial charge is 0.481 e. The second kappa shape index (κ2) is 5.52. The number of carboxylic acids is 1. The number of fused-ring (bicyclic) bond motifs is 1. The van der Waals surface area contributed by atoms with Crippen molar-refractivity contribution in [3.8, 4) is 0 Å². The molecule has 0 unspecified atom stereocenters. The van der Waals surface area contributed by atoms with Crippen LogP contribution in [0, 0.1) is 11.8 Å². The molecule has 0 aromatic rings. The van der Waals surface area contributed by atoms with E-state index in [2.05, 4.69) is 6.58 Å². The van der Waals surface area contributed by atoms with Crippen LogP contribution in [-0.2, 0) is 19.1 Å². The van der Waals surface area contributed by atoms with Gasteiger partial charge in [-0.1, -0.05) is 18.2 Å². The van der Waals surface area contributed by atoms with Gasteiger partial charge in [-0.05, 0) is 12.8 Å². The summed E-state index contributed by atoms with van der Waals surface area (Å²) in [5.74, 6) is -2.52. The van der Waals surface area contributed by atoms with Gasteiger partial charge in [-0.3, -0.25) is 9.59 Å². The standard InChI is InChI=1S/C16H21NO5/c1-3-5-11-16-7-6-10(22-16)12(15(19)20)13(16)14(18)17(11)8-4-9-21-2/h3,6-7,10-13H,1,4-5,8-9H2,2H3,(H,19,20)/t10-,11+,12-,13+,16+/m0/s1. The topological polar surface area (TPSA) is 76.1 Å². The minimum atomic E-state index is -0.967. The van der Waals surface area contributed by atoms with E-state index in [9.17, 15) is 14.7 Å². The highest BCUT2D eigenvalue weighted by atomic mass is 16.5. The molecule has 6 heteroatoms. The Hall–Kier alpha value is -1.66. The van der Waals surface area contributed by atoms with Gasteiger partial charge in [0.1, 0.15) is 11.5 Å². The van der Waals surface area contributed by atoms with Crippen LogP contribution < -0.4 is 0 Å². The third-order valence-electron chi connectivity index (χ3n) is 4.95. The van der Waals surface area contributed by atoms with E-state index in [0.717, 1.165) is 0 Å². The van der Waals surface area contributed by atoms with Gasteiger partial charge < -0.3 is 19.5 Å². The molecule has 3 heterocycles. The van der Waals surface area contributed by atoms with E-state index in [1.54, 1.807) is 24.2 Å². The maximum atomic E-state index is 12.8. The zero-order valence-electron chi connectivity index (χ0n) is 12.6. The van der Waals surface area contributed by atoms with E-state index < -0.39 is 29.5 Å². The molecule has 3 aliphatic heterocycles. The summed E-state index contributed by atoms with van der Waals surface area (Å²) in [5.41, 5.74) is -0.813.